The molecule has 0 bridgehead atoms. The fraction of sp³-hybridized carbons (Fsp3) is 0.316. The molecule has 2 aromatic rings. The first kappa shape index (κ1) is 18.1. The molecule has 7 heteroatoms. The van der Waals surface area contributed by atoms with Gasteiger partial charge in [0.2, 0.25) is 0 Å². The van der Waals surface area contributed by atoms with Crippen LogP contribution in [0.5, 0.6) is 5.75 Å². The van der Waals surface area contributed by atoms with E-state index in [1.807, 2.05) is 0 Å². The molecule has 1 unspecified atom stereocenters. The number of hydrogen-bond donors (Lipinski definition) is 2. The number of benzene rings is 2. The van der Waals surface area contributed by atoms with Gasteiger partial charge in [-0.2, -0.15) is 8.78 Å². The second-order valence-electron chi connectivity index (χ2n) is 6.10. The smallest absolute Gasteiger partial charge is 0.387 e. The maximum absolute atomic E-state index is 13.6. The summed E-state index contributed by atoms with van der Waals surface area (Å²) in [6.07, 6.45) is 2.31. The van der Waals surface area contributed by atoms with Gasteiger partial charge in [0, 0.05) is 12.1 Å². The van der Waals surface area contributed by atoms with Crippen LogP contribution in [0.15, 0.2) is 42.5 Å². The highest BCUT2D eigenvalue weighted by Gasteiger charge is 2.22. The van der Waals surface area contributed by atoms with E-state index in [1.165, 1.54) is 12.1 Å². The number of amides is 2. The van der Waals surface area contributed by atoms with Gasteiger partial charge in [-0.3, -0.25) is 0 Å². The van der Waals surface area contributed by atoms with Crippen molar-refractivity contribution in [1.29, 1.82) is 0 Å². The van der Waals surface area contributed by atoms with Crippen LogP contribution in [-0.2, 0) is 13.0 Å². The fourth-order valence-corrected chi connectivity index (χ4v) is 3.14. The average molecular weight is 364 g/mol. The van der Waals surface area contributed by atoms with Gasteiger partial charge in [-0.15, -0.1) is 0 Å². The Labute approximate surface area is 149 Å². The Balaban J connectivity index is 1.62. The van der Waals surface area contributed by atoms with Gasteiger partial charge < -0.3 is 15.4 Å². The zero-order valence-corrected chi connectivity index (χ0v) is 14.0. The maximum atomic E-state index is 13.6. The van der Waals surface area contributed by atoms with E-state index in [4.69, 9.17) is 0 Å². The lowest BCUT2D eigenvalue weighted by Crippen LogP contribution is -2.38. The topological polar surface area (TPSA) is 50.4 Å². The van der Waals surface area contributed by atoms with Gasteiger partial charge in [0.25, 0.3) is 0 Å². The monoisotopic (exact) mass is 364 g/mol. The van der Waals surface area contributed by atoms with Crippen LogP contribution in [0.3, 0.4) is 0 Å². The van der Waals surface area contributed by atoms with E-state index < -0.39 is 12.6 Å². The predicted octanol–water partition coefficient (Wildman–Crippen LogP) is 4.30. The highest BCUT2D eigenvalue weighted by Crippen LogP contribution is 2.32. The summed E-state index contributed by atoms with van der Waals surface area (Å²) in [5.74, 6) is -0.259. The van der Waals surface area contributed by atoms with E-state index >= 15 is 0 Å². The van der Waals surface area contributed by atoms with Crippen LogP contribution < -0.4 is 15.4 Å². The lowest BCUT2D eigenvalue weighted by atomic mass is 9.87. The molecule has 3 rings (SSSR count). The van der Waals surface area contributed by atoms with Crippen LogP contribution in [0.2, 0.25) is 0 Å². The molecule has 0 spiro atoms. The van der Waals surface area contributed by atoms with Crippen molar-refractivity contribution in [3.05, 3.63) is 65.0 Å². The zero-order chi connectivity index (χ0) is 18.5. The highest BCUT2D eigenvalue weighted by molar-refractivity contribution is 5.74. The number of urea groups is 1. The van der Waals surface area contributed by atoms with Crippen molar-refractivity contribution in [1.82, 2.24) is 10.6 Å². The number of alkyl halides is 2. The third-order valence-electron chi connectivity index (χ3n) is 4.36. The molecule has 0 heterocycles. The van der Waals surface area contributed by atoms with E-state index in [1.54, 1.807) is 30.3 Å². The predicted molar refractivity (Wildman–Crippen MR) is 90.5 cm³/mol. The molecule has 138 valence electrons. The van der Waals surface area contributed by atoms with E-state index in [-0.39, 0.29) is 24.2 Å². The van der Waals surface area contributed by atoms with Crippen molar-refractivity contribution in [3.8, 4) is 5.75 Å². The molecular formula is C19H19F3N2O2. The molecule has 2 amide bonds. The second-order valence-corrected chi connectivity index (χ2v) is 6.10. The SMILES string of the molecule is O=C(NCc1ccccc1F)NC1CCCc2cc(OC(F)F)ccc21. The van der Waals surface area contributed by atoms with Gasteiger partial charge in [-0.05, 0) is 48.6 Å². The number of fused-ring (bicyclic) bond motifs is 1. The molecule has 2 aromatic carbocycles. The normalized spacial score (nSPS) is 16.1. The summed E-state index contributed by atoms with van der Waals surface area (Å²) in [7, 11) is 0. The molecule has 1 aliphatic carbocycles. The van der Waals surface area contributed by atoms with Crippen LogP contribution in [0.25, 0.3) is 0 Å². The number of ether oxygens (including phenoxy) is 1. The number of aryl methyl sites for hydroxylation is 1. The Morgan fingerprint density at radius 2 is 2.04 bits per heavy atom. The number of halogens is 3. The van der Waals surface area contributed by atoms with Crippen molar-refractivity contribution in [2.45, 2.75) is 38.5 Å². The Hall–Kier alpha value is -2.70. The van der Waals surface area contributed by atoms with Crippen molar-refractivity contribution in [2.75, 3.05) is 0 Å². The van der Waals surface area contributed by atoms with Crippen LogP contribution in [-0.4, -0.2) is 12.6 Å². The van der Waals surface area contributed by atoms with Gasteiger partial charge in [0.15, 0.2) is 0 Å². The Morgan fingerprint density at radius 3 is 2.81 bits per heavy atom. The van der Waals surface area contributed by atoms with Crippen molar-refractivity contribution < 1.29 is 22.7 Å². The number of hydrogen-bond acceptors (Lipinski definition) is 2. The van der Waals surface area contributed by atoms with Crippen LogP contribution >= 0.6 is 0 Å². The molecule has 26 heavy (non-hydrogen) atoms. The summed E-state index contributed by atoms with van der Waals surface area (Å²) in [5, 5.41) is 5.51. The first-order chi connectivity index (χ1) is 12.5. The zero-order valence-electron chi connectivity index (χ0n) is 14.0. The minimum atomic E-state index is -2.87. The first-order valence-corrected chi connectivity index (χ1v) is 8.38. The largest absolute Gasteiger partial charge is 0.435 e. The molecule has 0 fully saturated rings. The van der Waals surface area contributed by atoms with E-state index in [0.29, 0.717) is 5.56 Å². The molecule has 2 N–H and O–H groups in total. The highest BCUT2D eigenvalue weighted by atomic mass is 19.3. The number of carbonyl (C=O) groups is 1. The van der Waals surface area contributed by atoms with Crippen molar-refractivity contribution >= 4 is 6.03 Å². The molecule has 4 nitrogen and oxygen atoms in total. The third kappa shape index (κ3) is 4.47. The van der Waals surface area contributed by atoms with E-state index in [0.717, 1.165) is 30.4 Å². The van der Waals surface area contributed by atoms with Gasteiger partial charge in [0.1, 0.15) is 11.6 Å². The van der Waals surface area contributed by atoms with Gasteiger partial charge >= 0.3 is 12.6 Å². The quantitative estimate of drug-likeness (QED) is 0.831. The summed E-state index contributed by atoms with van der Waals surface area (Å²) in [6.45, 7) is -2.78. The Morgan fingerprint density at radius 1 is 1.23 bits per heavy atom. The number of rotatable bonds is 5. The van der Waals surface area contributed by atoms with Crippen LogP contribution in [0, 0.1) is 5.82 Å². The summed E-state index contributed by atoms with van der Waals surface area (Å²) in [5.41, 5.74) is 2.17. The number of carbonyl (C=O) groups excluding carboxylic acids is 1. The molecule has 0 aliphatic heterocycles. The minimum absolute atomic E-state index is 0.0826. The molecule has 0 saturated carbocycles. The second kappa shape index (κ2) is 8.12. The average Bonchev–Trinajstić information content (AvgIpc) is 2.60. The molecule has 0 saturated heterocycles. The van der Waals surface area contributed by atoms with Crippen molar-refractivity contribution in [2.24, 2.45) is 0 Å². The standard InChI is InChI=1S/C19H19F3N2O2/c20-16-6-2-1-4-13(16)11-23-19(25)24-17-7-3-5-12-10-14(26-18(21)22)8-9-15(12)17/h1-2,4,6,8-10,17-18H,3,5,7,11H2,(H2,23,24,25). The molecular weight excluding hydrogens is 345 g/mol. The van der Waals surface area contributed by atoms with E-state index in [9.17, 15) is 18.0 Å². The van der Waals surface area contributed by atoms with Gasteiger partial charge in [-0.25, -0.2) is 9.18 Å². The third-order valence-corrected chi connectivity index (χ3v) is 4.36. The summed E-state index contributed by atoms with van der Waals surface area (Å²) < 4.78 is 42.7. The minimum Gasteiger partial charge on any atom is -0.435 e. The molecule has 1 atom stereocenters. The summed E-state index contributed by atoms with van der Waals surface area (Å²) in [4.78, 5) is 12.1. The lowest BCUT2D eigenvalue weighted by molar-refractivity contribution is -0.0499. The van der Waals surface area contributed by atoms with Crippen LogP contribution in [0.4, 0.5) is 18.0 Å². The van der Waals surface area contributed by atoms with Crippen LogP contribution in [0.1, 0.15) is 35.6 Å². The van der Waals surface area contributed by atoms with E-state index in [2.05, 4.69) is 15.4 Å². The molecule has 1 aliphatic rings. The molecule has 0 aromatic heterocycles. The van der Waals surface area contributed by atoms with Crippen molar-refractivity contribution in [3.63, 3.8) is 0 Å². The first-order valence-electron chi connectivity index (χ1n) is 8.38. The maximum Gasteiger partial charge on any atom is 0.387 e. The lowest BCUT2D eigenvalue weighted by Gasteiger charge is -2.27. The summed E-state index contributed by atoms with van der Waals surface area (Å²) in [6, 6.07) is 10.4. The number of nitrogens with one attached hydrogen (secondary N) is 2. The molecule has 0 radical (unpaired) electrons. The Kier molecular flexibility index (Phi) is 5.65. The van der Waals surface area contributed by atoms with Gasteiger partial charge in [-0.1, -0.05) is 24.3 Å². The Bertz CT molecular complexity index is 783. The summed E-state index contributed by atoms with van der Waals surface area (Å²) >= 11 is 0. The van der Waals surface area contributed by atoms with Gasteiger partial charge in [0.05, 0.1) is 6.04 Å². The fourth-order valence-electron chi connectivity index (χ4n) is 3.14.